The Morgan fingerprint density at radius 1 is 0.464 bits per heavy atom. The smallest absolute Gasteiger partial charge is 0.305 e. The molecule has 7 atom stereocenters. The van der Waals surface area contributed by atoms with Gasteiger partial charge in [-0.05, 0) is 110 Å². The number of carbonyl (C=O) groups is 2. The molecule has 1 saturated heterocycles. The molecule has 0 aromatic carbocycles. The van der Waals surface area contributed by atoms with E-state index in [1.54, 1.807) is 6.08 Å². The summed E-state index contributed by atoms with van der Waals surface area (Å²) in [5.41, 5.74) is 0. The van der Waals surface area contributed by atoms with E-state index < -0.39 is 49.5 Å². The van der Waals surface area contributed by atoms with Gasteiger partial charge in [-0.2, -0.15) is 0 Å². The molecule has 0 aromatic rings. The van der Waals surface area contributed by atoms with E-state index in [0.29, 0.717) is 19.4 Å². The van der Waals surface area contributed by atoms with E-state index in [4.69, 9.17) is 14.2 Å². The molecule has 7 unspecified atom stereocenters. The van der Waals surface area contributed by atoms with Crippen LogP contribution in [-0.2, 0) is 23.8 Å². The van der Waals surface area contributed by atoms with E-state index in [1.807, 2.05) is 19.1 Å². The first-order valence-corrected chi connectivity index (χ1v) is 35.2. The van der Waals surface area contributed by atoms with Crippen LogP contribution in [-0.4, -0.2) is 100 Å². The van der Waals surface area contributed by atoms with Crippen molar-refractivity contribution in [1.29, 1.82) is 0 Å². The number of amides is 1. The Hall–Kier alpha value is -2.90. The molecule has 1 heterocycles. The standard InChI is InChI=1S/C73H131NO10/c1-3-5-7-9-11-13-14-15-16-35-38-41-45-49-53-57-61-69(78)82-62-58-54-50-46-42-39-36-33-31-29-27-25-23-21-19-17-18-20-22-24-26-28-30-32-34-37-40-44-48-52-56-60-68(77)74-65(66(76)59-55-51-47-43-12-10-8-6-4-2)64-83-73-72(81)71(80)70(79)67(63-75)84-73/h4,6,12,16,19,21,25,27,35,43,55,59,65-67,70-73,75-76,79-81H,3,5,7-11,13-15,17-18,20,22-24,26,28-34,36-42,44-54,56-58,60-64H2,1-2H3,(H,74,77)/b6-4+,21-19-,27-25-,35-16-,43-12+,59-55+. The minimum absolute atomic E-state index is 0.00305. The second-order valence-corrected chi connectivity index (χ2v) is 24.2. The van der Waals surface area contributed by atoms with Gasteiger partial charge in [0.25, 0.3) is 0 Å². The Kier molecular flexibility index (Phi) is 58.1. The summed E-state index contributed by atoms with van der Waals surface area (Å²) in [5, 5.41) is 54.2. The average Bonchev–Trinajstić information content (AvgIpc) is 3.34. The largest absolute Gasteiger partial charge is 0.466 e. The summed E-state index contributed by atoms with van der Waals surface area (Å²) < 4.78 is 16.7. The fourth-order valence-electron chi connectivity index (χ4n) is 10.8. The van der Waals surface area contributed by atoms with Crippen molar-refractivity contribution in [2.45, 2.75) is 358 Å². The van der Waals surface area contributed by atoms with E-state index in [2.05, 4.69) is 66.9 Å². The van der Waals surface area contributed by atoms with Crippen LogP contribution in [0.1, 0.15) is 316 Å². The minimum atomic E-state index is -1.58. The molecule has 84 heavy (non-hydrogen) atoms. The van der Waals surface area contributed by atoms with E-state index in [0.717, 1.165) is 70.6 Å². The lowest BCUT2D eigenvalue weighted by atomic mass is 9.99. The van der Waals surface area contributed by atoms with Crippen LogP contribution in [0.5, 0.6) is 0 Å². The molecule has 1 aliphatic rings. The highest BCUT2D eigenvalue weighted by Gasteiger charge is 2.44. The SMILES string of the molecule is C/C=C/CC/C=C/CC/C=C/C(O)C(COC1OC(CO)C(O)C(O)C1O)NC(=O)CCCCCCCCCCCCCCCCC/C=C\C/C=C\CCCCCCCCCCCOC(=O)CCCCCCC/C=C\CCCCCCCCC. The number of esters is 1. The molecule has 0 aromatic heterocycles. The molecular formula is C73H131NO10. The molecule has 1 aliphatic heterocycles. The average molecular weight is 1180 g/mol. The van der Waals surface area contributed by atoms with E-state index in [9.17, 15) is 35.1 Å². The van der Waals surface area contributed by atoms with Gasteiger partial charge in [-0.25, -0.2) is 0 Å². The van der Waals surface area contributed by atoms with Gasteiger partial charge in [0.1, 0.15) is 24.4 Å². The molecule has 11 heteroatoms. The first kappa shape index (κ1) is 79.1. The van der Waals surface area contributed by atoms with Crippen LogP contribution in [0.3, 0.4) is 0 Å². The Morgan fingerprint density at radius 2 is 0.857 bits per heavy atom. The van der Waals surface area contributed by atoms with Gasteiger partial charge in [0, 0.05) is 12.8 Å². The van der Waals surface area contributed by atoms with Crippen molar-refractivity contribution in [1.82, 2.24) is 5.32 Å². The number of aliphatic hydroxyl groups excluding tert-OH is 5. The van der Waals surface area contributed by atoms with Crippen molar-refractivity contribution in [3.8, 4) is 0 Å². The van der Waals surface area contributed by atoms with Crippen molar-refractivity contribution in [3.05, 3.63) is 72.9 Å². The third-order valence-corrected chi connectivity index (χ3v) is 16.3. The molecule has 0 bridgehead atoms. The van der Waals surface area contributed by atoms with Crippen molar-refractivity contribution < 1.29 is 49.3 Å². The number of unbranched alkanes of at least 4 members (excludes halogenated alkanes) is 38. The molecular weight excluding hydrogens is 1050 g/mol. The fraction of sp³-hybridized carbons (Fsp3) is 0.808. The van der Waals surface area contributed by atoms with E-state index in [-0.39, 0.29) is 18.5 Å². The summed E-state index contributed by atoms with van der Waals surface area (Å²) in [6.45, 7) is 4.09. The zero-order chi connectivity index (χ0) is 60.9. The van der Waals surface area contributed by atoms with Crippen molar-refractivity contribution in [2.24, 2.45) is 0 Å². The van der Waals surface area contributed by atoms with Gasteiger partial charge >= 0.3 is 5.97 Å². The lowest BCUT2D eigenvalue weighted by molar-refractivity contribution is -0.302. The monoisotopic (exact) mass is 1180 g/mol. The predicted octanol–water partition coefficient (Wildman–Crippen LogP) is 17.9. The molecule has 11 nitrogen and oxygen atoms in total. The highest BCUT2D eigenvalue weighted by Crippen LogP contribution is 2.23. The first-order valence-electron chi connectivity index (χ1n) is 35.2. The maximum Gasteiger partial charge on any atom is 0.305 e. The van der Waals surface area contributed by atoms with Gasteiger partial charge in [-0.15, -0.1) is 0 Å². The Bertz CT molecular complexity index is 1630. The van der Waals surface area contributed by atoms with Crippen LogP contribution >= 0.6 is 0 Å². The molecule has 0 spiro atoms. The molecule has 1 fully saturated rings. The van der Waals surface area contributed by atoms with Crippen LogP contribution in [0.25, 0.3) is 0 Å². The predicted molar refractivity (Wildman–Crippen MR) is 352 cm³/mol. The van der Waals surface area contributed by atoms with Crippen LogP contribution in [0, 0.1) is 0 Å². The summed E-state index contributed by atoms with van der Waals surface area (Å²) >= 11 is 0. The number of hydrogen-bond acceptors (Lipinski definition) is 10. The molecule has 6 N–H and O–H groups in total. The number of allylic oxidation sites excluding steroid dienone is 11. The molecule has 1 rings (SSSR count). The van der Waals surface area contributed by atoms with Gasteiger partial charge in [0.2, 0.25) is 5.91 Å². The quantitative estimate of drug-likeness (QED) is 0.0195. The Balaban J connectivity index is 1.93. The highest BCUT2D eigenvalue weighted by molar-refractivity contribution is 5.76. The molecule has 0 radical (unpaired) electrons. The third kappa shape index (κ3) is 50.1. The normalized spacial score (nSPS) is 18.5. The second kappa shape index (κ2) is 61.7. The maximum absolute atomic E-state index is 13.0. The zero-order valence-corrected chi connectivity index (χ0v) is 54.1. The zero-order valence-electron chi connectivity index (χ0n) is 54.1. The van der Waals surface area contributed by atoms with Crippen molar-refractivity contribution in [2.75, 3.05) is 19.8 Å². The summed E-state index contributed by atoms with van der Waals surface area (Å²) in [4.78, 5) is 25.1. The Morgan fingerprint density at radius 3 is 1.32 bits per heavy atom. The highest BCUT2D eigenvalue weighted by atomic mass is 16.7. The van der Waals surface area contributed by atoms with Crippen LogP contribution in [0.4, 0.5) is 0 Å². The van der Waals surface area contributed by atoms with E-state index >= 15 is 0 Å². The summed E-state index contributed by atoms with van der Waals surface area (Å²) in [5.74, 6) is -0.202. The summed E-state index contributed by atoms with van der Waals surface area (Å²) in [6.07, 6.45) is 73.6. The van der Waals surface area contributed by atoms with Crippen LogP contribution in [0.15, 0.2) is 72.9 Å². The van der Waals surface area contributed by atoms with E-state index in [1.165, 1.54) is 218 Å². The van der Waals surface area contributed by atoms with Crippen molar-refractivity contribution in [3.63, 3.8) is 0 Å². The van der Waals surface area contributed by atoms with Gasteiger partial charge in [0.05, 0.1) is 32.0 Å². The van der Waals surface area contributed by atoms with Gasteiger partial charge in [0.15, 0.2) is 6.29 Å². The number of carbonyl (C=O) groups excluding carboxylic acids is 2. The minimum Gasteiger partial charge on any atom is -0.466 e. The lowest BCUT2D eigenvalue weighted by Crippen LogP contribution is -2.60. The molecule has 0 saturated carbocycles. The number of hydrogen-bond donors (Lipinski definition) is 6. The van der Waals surface area contributed by atoms with Gasteiger partial charge < -0.3 is 45.1 Å². The number of rotatable bonds is 61. The van der Waals surface area contributed by atoms with Gasteiger partial charge in [-0.3, -0.25) is 9.59 Å². The lowest BCUT2D eigenvalue weighted by Gasteiger charge is -2.40. The number of ether oxygens (including phenoxy) is 3. The molecule has 0 aliphatic carbocycles. The summed E-state index contributed by atoms with van der Waals surface area (Å²) in [7, 11) is 0. The third-order valence-electron chi connectivity index (χ3n) is 16.3. The summed E-state index contributed by atoms with van der Waals surface area (Å²) in [6, 6.07) is -0.834. The van der Waals surface area contributed by atoms with Gasteiger partial charge in [-0.1, -0.05) is 266 Å². The second-order valence-electron chi connectivity index (χ2n) is 24.2. The topological polar surface area (TPSA) is 175 Å². The number of aliphatic hydroxyl groups is 5. The molecule has 488 valence electrons. The Labute approximate surface area is 515 Å². The van der Waals surface area contributed by atoms with Crippen LogP contribution in [0.2, 0.25) is 0 Å². The first-order chi connectivity index (χ1) is 41.2. The fourth-order valence-corrected chi connectivity index (χ4v) is 10.8. The van der Waals surface area contributed by atoms with Crippen LogP contribution < -0.4 is 5.32 Å². The molecule has 1 amide bonds. The van der Waals surface area contributed by atoms with Crippen molar-refractivity contribution >= 4 is 11.9 Å². The number of nitrogens with one attached hydrogen (secondary N) is 1. The maximum atomic E-state index is 13.0.